The number of amides is 1. The number of rotatable bonds is 8. The summed E-state index contributed by atoms with van der Waals surface area (Å²) in [6.45, 7) is 0.914. The number of nitro benzene ring substituents is 1. The van der Waals surface area contributed by atoms with Crippen molar-refractivity contribution in [3.63, 3.8) is 0 Å². The molecule has 9 heteroatoms. The Balaban J connectivity index is 1.62. The van der Waals surface area contributed by atoms with Gasteiger partial charge in [-0.15, -0.1) is 0 Å². The number of nitro groups is 1. The highest BCUT2D eigenvalue weighted by Gasteiger charge is 2.15. The van der Waals surface area contributed by atoms with Gasteiger partial charge in [-0.05, 0) is 50.5 Å². The second-order valence-electron chi connectivity index (χ2n) is 6.94. The van der Waals surface area contributed by atoms with E-state index < -0.39 is 16.8 Å². The third-order valence-electron chi connectivity index (χ3n) is 4.32. The number of esters is 1. The minimum atomic E-state index is -0.498. The minimum absolute atomic E-state index is 0.0497. The summed E-state index contributed by atoms with van der Waals surface area (Å²) in [7, 11) is 3.77. The lowest BCUT2D eigenvalue weighted by Gasteiger charge is -2.10. The van der Waals surface area contributed by atoms with Gasteiger partial charge < -0.3 is 19.4 Å². The number of carbonyl (C=O) groups is 2. The Morgan fingerprint density at radius 2 is 1.84 bits per heavy atom. The number of furan rings is 1. The van der Waals surface area contributed by atoms with E-state index in [9.17, 15) is 19.7 Å². The van der Waals surface area contributed by atoms with Crippen molar-refractivity contribution >= 4 is 23.3 Å². The van der Waals surface area contributed by atoms with Crippen molar-refractivity contribution in [3.05, 3.63) is 82.1 Å². The molecular formula is C22H21N3O6. The molecule has 1 aromatic heterocycles. The summed E-state index contributed by atoms with van der Waals surface area (Å²) in [5, 5.41) is 13.6. The molecule has 0 bridgehead atoms. The van der Waals surface area contributed by atoms with Crippen molar-refractivity contribution in [2.45, 2.75) is 0 Å². The predicted octanol–water partition coefficient (Wildman–Crippen LogP) is 3.83. The van der Waals surface area contributed by atoms with Gasteiger partial charge in [-0.25, -0.2) is 4.79 Å². The van der Waals surface area contributed by atoms with Gasteiger partial charge in [0, 0.05) is 29.9 Å². The zero-order valence-corrected chi connectivity index (χ0v) is 17.0. The first-order valence-electron chi connectivity index (χ1n) is 9.41. The van der Waals surface area contributed by atoms with Crippen molar-refractivity contribution in [1.29, 1.82) is 0 Å². The number of nitrogens with one attached hydrogen (secondary N) is 1. The molecule has 0 aliphatic carbocycles. The van der Waals surface area contributed by atoms with Gasteiger partial charge in [-0.3, -0.25) is 14.9 Å². The smallest absolute Gasteiger partial charge is 0.338 e. The Morgan fingerprint density at radius 1 is 1.10 bits per heavy atom. The monoisotopic (exact) mass is 423 g/mol. The minimum Gasteiger partial charge on any atom is -0.461 e. The van der Waals surface area contributed by atoms with Crippen LogP contribution < -0.4 is 5.32 Å². The summed E-state index contributed by atoms with van der Waals surface area (Å²) >= 11 is 0. The number of anilines is 1. The molecule has 3 aromatic rings. The second kappa shape index (κ2) is 9.68. The van der Waals surface area contributed by atoms with Crippen molar-refractivity contribution in [2.75, 3.05) is 32.6 Å². The number of benzene rings is 2. The molecule has 0 unspecified atom stereocenters. The van der Waals surface area contributed by atoms with Crippen molar-refractivity contribution < 1.29 is 23.7 Å². The number of nitrogens with zero attached hydrogens (tertiary/aromatic N) is 2. The summed E-state index contributed by atoms with van der Waals surface area (Å²) < 4.78 is 10.7. The Morgan fingerprint density at radius 3 is 2.52 bits per heavy atom. The Hall–Kier alpha value is -3.98. The van der Waals surface area contributed by atoms with Crippen molar-refractivity contribution in [3.8, 4) is 11.3 Å². The molecule has 1 amide bonds. The number of carbonyl (C=O) groups excluding carboxylic acids is 2. The average Bonchev–Trinajstić information content (AvgIpc) is 3.24. The first kappa shape index (κ1) is 21.7. The molecular weight excluding hydrogens is 402 g/mol. The molecule has 0 atom stereocenters. The summed E-state index contributed by atoms with van der Waals surface area (Å²) in [5.74, 6) is -0.538. The highest BCUT2D eigenvalue weighted by molar-refractivity contribution is 6.02. The number of likely N-dealkylation sites (N-methyl/N-ethyl adjacent to an activating group) is 1. The highest BCUT2D eigenvalue weighted by Crippen LogP contribution is 2.26. The Bertz CT molecular complexity index is 1090. The van der Waals surface area contributed by atoms with E-state index in [1.54, 1.807) is 42.5 Å². The molecule has 31 heavy (non-hydrogen) atoms. The SMILES string of the molecule is CN(C)CCOC(=O)c1ccc(NC(=O)c2ccc(-c3cccc([N+](=O)[O-])c3)o2)cc1. The summed E-state index contributed by atoms with van der Waals surface area (Å²) in [4.78, 5) is 36.8. The molecule has 2 aromatic carbocycles. The van der Waals surface area contributed by atoms with Gasteiger partial charge in [-0.1, -0.05) is 12.1 Å². The van der Waals surface area contributed by atoms with Crippen LogP contribution in [0.25, 0.3) is 11.3 Å². The predicted molar refractivity (Wildman–Crippen MR) is 114 cm³/mol. The van der Waals surface area contributed by atoms with Crippen LogP contribution in [-0.2, 0) is 4.74 Å². The molecule has 0 saturated carbocycles. The first-order valence-corrected chi connectivity index (χ1v) is 9.41. The number of non-ortho nitro benzene ring substituents is 1. The van der Waals surface area contributed by atoms with Crippen molar-refractivity contribution in [1.82, 2.24) is 4.90 Å². The van der Waals surface area contributed by atoms with Crippen LogP contribution in [0.4, 0.5) is 11.4 Å². The molecule has 1 heterocycles. The van der Waals surface area contributed by atoms with Crippen LogP contribution in [0.5, 0.6) is 0 Å². The molecule has 3 rings (SSSR count). The maximum absolute atomic E-state index is 12.4. The maximum Gasteiger partial charge on any atom is 0.338 e. The van der Waals surface area contributed by atoms with E-state index in [0.29, 0.717) is 29.1 Å². The molecule has 0 fully saturated rings. The van der Waals surface area contributed by atoms with Crippen LogP contribution in [0.15, 0.2) is 65.1 Å². The normalized spacial score (nSPS) is 10.7. The van der Waals surface area contributed by atoms with Gasteiger partial charge in [0.1, 0.15) is 12.4 Å². The second-order valence-corrected chi connectivity index (χ2v) is 6.94. The summed E-state index contributed by atoms with van der Waals surface area (Å²) in [5.41, 5.74) is 1.27. The molecule has 0 aliphatic heterocycles. The van der Waals surface area contributed by atoms with Gasteiger partial charge >= 0.3 is 5.97 Å². The van der Waals surface area contributed by atoms with E-state index in [1.165, 1.54) is 18.2 Å². The lowest BCUT2D eigenvalue weighted by atomic mass is 10.1. The van der Waals surface area contributed by atoms with Gasteiger partial charge in [0.15, 0.2) is 5.76 Å². The fraction of sp³-hybridized carbons (Fsp3) is 0.182. The van der Waals surface area contributed by atoms with E-state index in [4.69, 9.17) is 9.15 Å². The third kappa shape index (κ3) is 5.77. The molecule has 160 valence electrons. The van der Waals surface area contributed by atoms with Gasteiger partial charge in [0.2, 0.25) is 0 Å². The summed E-state index contributed by atoms with van der Waals surface area (Å²) in [6, 6.07) is 15.3. The molecule has 0 saturated heterocycles. The number of hydrogen-bond acceptors (Lipinski definition) is 7. The first-order chi connectivity index (χ1) is 14.8. The van der Waals surface area contributed by atoms with E-state index in [0.717, 1.165) is 0 Å². The van der Waals surface area contributed by atoms with E-state index >= 15 is 0 Å². The van der Waals surface area contributed by atoms with Crippen LogP contribution in [0.3, 0.4) is 0 Å². The van der Waals surface area contributed by atoms with Crippen LogP contribution in [0.1, 0.15) is 20.9 Å². The molecule has 1 N–H and O–H groups in total. The van der Waals surface area contributed by atoms with Crippen LogP contribution in [0, 0.1) is 10.1 Å². The topological polar surface area (TPSA) is 115 Å². The lowest BCUT2D eigenvalue weighted by molar-refractivity contribution is -0.384. The average molecular weight is 423 g/mol. The Kier molecular flexibility index (Phi) is 6.78. The van der Waals surface area contributed by atoms with E-state index in [-0.39, 0.29) is 18.1 Å². The third-order valence-corrected chi connectivity index (χ3v) is 4.32. The van der Waals surface area contributed by atoms with E-state index in [1.807, 2.05) is 19.0 Å². The van der Waals surface area contributed by atoms with Gasteiger partial charge in [-0.2, -0.15) is 0 Å². The fourth-order valence-corrected chi connectivity index (χ4v) is 2.67. The van der Waals surface area contributed by atoms with Gasteiger partial charge in [0.05, 0.1) is 10.5 Å². The van der Waals surface area contributed by atoms with Crippen LogP contribution in [0.2, 0.25) is 0 Å². The highest BCUT2D eigenvalue weighted by atomic mass is 16.6. The molecule has 0 aliphatic rings. The van der Waals surface area contributed by atoms with Crippen LogP contribution in [-0.4, -0.2) is 48.9 Å². The van der Waals surface area contributed by atoms with Gasteiger partial charge in [0.25, 0.3) is 11.6 Å². The van der Waals surface area contributed by atoms with E-state index in [2.05, 4.69) is 5.32 Å². The Labute approximate surface area is 178 Å². The lowest BCUT2D eigenvalue weighted by Crippen LogP contribution is -2.20. The zero-order valence-electron chi connectivity index (χ0n) is 17.0. The molecule has 9 nitrogen and oxygen atoms in total. The molecule has 0 radical (unpaired) electrons. The largest absolute Gasteiger partial charge is 0.461 e. The van der Waals surface area contributed by atoms with Crippen LogP contribution >= 0.6 is 0 Å². The van der Waals surface area contributed by atoms with Crippen molar-refractivity contribution in [2.24, 2.45) is 0 Å². The number of hydrogen-bond donors (Lipinski definition) is 1. The number of ether oxygens (including phenoxy) is 1. The fourth-order valence-electron chi connectivity index (χ4n) is 2.67. The zero-order chi connectivity index (χ0) is 22.4. The molecule has 0 spiro atoms. The summed E-state index contributed by atoms with van der Waals surface area (Å²) in [6.07, 6.45) is 0. The quantitative estimate of drug-likeness (QED) is 0.333. The maximum atomic E-state index is 12.4. The standard InChI is InChI=1S/C22H21N3O6/c1-24(2)12-13-30-22(27)15-6-8-17(9-7-15)23-21(26)20-11-10-19(31-20)16-4-3-5-18(14-16)25(28)29/h3-11,14H,12-13H2,1-2H3,(H,23,26).